The molecule has 2 aliphatic rings. The Morgan fingerprint density at radius 3 is 2.36 bits per heavy atom. The van der Waals surface area contributed by atoms with Gasteiger partial charge < -0.3 is 20.1 Å². The average molecular weight is 346 g/mol. The fourth-order valence-electron chi connectivity index (χ4n) is 4.67. The second-order valence-electron chi connectivity index (χ2n) is 7.32. The normalized spacial score (nSPS) is 28.3. The van der Waals surface area contributed by atoms with Gasteiger partial charge in [-0.15, -0.1) is 0 Å². The van der Waals surface area contributed by atoms with E-state index < -0.39 is 0 Å². The molecule has 2 fully saturated rings. The average Bonchev–Trinajstić information content (AvgIpc) is 2.61. The summed E-state index contributed by atoms with van der Waals surface area (Å²) >= 11 is 0. The molecule has 138 valence electrons. The molecule has 1 aromatic rings. The minimum absolute atomic E-state index is 0.0862. The summed E-state index contributed by atoms with van der Waals surface area (Å²) in [5, 5.41) is 0. The fraction of sp³-hybridized carbons (Fsp3) is 0.650. The van der Waals surface area contributed by atoms with Gasteiger partial charge in [0.1, 0.15) is 0 Å². The number of anilines is 1. The van der Waals surface area contributed by atoms with E-state index in [0.717, 1.165) is 18.5 Å². The van der Waals surface area contributed by atoms with Crippen molar-refractivity contribution in [2.24, 2.45) is 23.5 Å². The first-order valence-electron chi connectivity index (χ1n) is 9.38. The Labute approximate surface area is 150 Å². The molecule has 1 amide bonds. The van der Waals surface area contributed by atoms with Gasteiger partial charge in [0, 0.05) is 30.3 Å². The van der Waals surface area contributed by atoms with Crippen molar-refractivity contribution in [3.63, 3.8) is 0 Å². The van der Waals surface area contributed by atoms with Crippen LogP contribution in [0.2, 0.25) is 0 Å². The topological polar surface area (TPSA) is 64.8 Å². The largest absolute Gasteiger partial charge is 0.493 e. The molecule has 2 N–H and O–H groups in total. The number of rotatable bonds is 5. The zero-order valence-corrected chi connectivity index (χ0v) is 15.5. The number of carbonyl (C=O) groups is 1. The van der Waals surface area contributed by atoms with Crippen LogP contribution in [0.3, 0.4) is 0 Å². The van der Waals surface area contributed by atoms with E-state index in [1.54, 1.807) is 14.2 Å². The maximum Gasteiger partial charge on any atom is 0.230 e. The summed E-state index contributed by atoms with van der Waals surface area (Å²) in [6, 6.07) is 5.96. The van der Waals surface area contributed by atoms with Crippen molar-refractivity contribution in [3.8, 4) is 11.5 Å². The first kappa shape index (κ1) is 18.1. The van der Waals surface area contributed by atoms with Crippen molar-refractivity contribution >= 4 is 11.6 Å². The summed E-state index contributed by atoms with van der Waals surface area (Å²) < 4.78 is 10.7. The first-order valence-corrected chi connectivity index (χ1v) is 9.38. The molecule has 0 spiro atoms. The number of fused-ring (bicyclic) bond motifs is 2. The number of nitrogens with two attached hydrogens (primary N) is 1. The molecule has 1 aromatic carbocycles. The van der Waals surface area contributed by atoms with Crippen LogP contribution in [-0.4, -0.2) is 32.7 Å². The number of methoxy groups -OCH3 is 2. The Hall–Kier alpha value is -1.75. The molecule has 25 heavy (non-hydrogen) atoms. The lowest BCUT2D eigenvalue weighted by atomic mass is 9.65. The minimum Gasteiger partial charge on any atom is -0.493 e. The molecule has 2 atom stereocenters. The molecule has 5 nitrogen and oxygen atoms in total. The zero-order valence-electron chi connectivity index (χ0n) is 15.5. The third-order valence-electron chi connectivity index (χ3n) is 6.02. The standard InChI is InChI=1S/C20H30N2O3/c1-4-22(16-8-9-17(24-2)18(12-16)25-3)20(23)15-10-13-6-5-7-14(11-15)19(13)21/h8-9,12-15,19H,4-7,10-11,21H2,1-3H3. The molecule has 0 radical (unpaired) electrons. The van der Waals surface area contributed by atoms with Crippen molar-refractivity contribution in [2.75, 3.05) is 25.7 Å². The zero-order chi connectivity index (χ0) is 18.0. The summed E-state index contributed by atoms with van der Waals surface area (Å²) in [6.07, 6.45) is 5.46. The molecule has 2 aliphatic carbocycles. The highest BCUT2D eigenvalue weighted by atomic mass is 16.5. The Morgan fingerprint density at radius 1 is 1.16 bits per heavy atom. The Kier molecular flexibility index (Phi) is 5.52. The number of benzene rings is 1. The third-order valence-corrected chi connectivity index (χ3v) is 6.02. The Bertz CT molecular complexity index is 605. The predicted octanol–water partition coefficient (Wildman–Crippen LogP) is 3.21. The highest BCUT2D eigenvalue weighted by molar-refractivity contribution is 5.95. The molecule has 2 saturated carbocycles. The molecule has 0 aliphatic heterocycles. The molecule has 5 heteroatoms. The SMILES string of the molecule is CCN(C(=O)C1CC2CCCC(C1)C2N)c1ccc(OC)c(OC)c1. The molecular weight excluding hydrogens is 316 g/mol. The number of ether oxygens (including phenoxy) is 2. The van der Waals surface area contributed by atoms with E-state index in [1.807, 2.05) is 30.0 Å². The molecule has 3 rings (SSSR count). The van der Waals surface area contributed by atoms with E-state index in [1.165, 1.54) is 19.3 Å². The number of hydrogen-bond acceptors (Lipinski definition) is 4. The van der Waals surface area contributed by atoms with Gasteiger partial charge in [0.25, 0.3) is 0 Å². The molecule has 0 saturated heterocycles. The number of carbonyl (C=O) groups excluding carboxylic acids is 1. The van der Waals surface area contributed by atoms with Crippen LogP contribution in [0.15, 0.2) is 18.2 Å². The Balaban J connectivity index is 1.80. The third kappa shape index (κ3) is 3.47. The maximum atomic E-state index is 13.2. The van der Waals surface area contributed by atoms with Gasteiger partial charge in [-0.05, 0) is 56.6 Å². The van der Waals surface area contributed by atoms with Gasteiger partial charge in [-0.2, -0.15) is 0 Å². The van der Waals surface area contributed by atoms with Gasteiger partial charge in [0.2, 0.25) is 5.91 Å². The highest BCUT2D eigenvalue weighted by Gasteiger charge is 2.41. The van der Waals surface area contributed by atoms with E-state index in [9.17, 15) is 4.79 Å². The lowest BCUT2D eigenvalue weighted by Gasteiger charge is -2.44. The van der Waals surface area contributed by atoms with Crippen LogP contribution in [-0.2, 0) is 4.79 Å². The second kappa shape index (κ2) is 7.65. The minimum atomic E-state index is 0.0862. The van der Waals surface area contributed by atoms with Crippen LogP contribution in [0, 0.1) is 17.8 Å². The van der Waals surface area contributed by atoms with Gasteiger partial charge in [0.15, 0.2) is 11.5 Å². The predicted molar refractivity (Wildman–Crippen MR) is 99.1 cm³/mol. The summed E-state index contributed by atoms with van der Waals surface area (Å²) in [7, 11) is 3.23. The van der Waals surface area contributed by atoms with Crippen molar-refractivity contribution in [2.45, 2.75) is 45.1 Å². The van der Waals surface area contributed by atoms with Crippen LogP contribution < -0.4 is 20.1 Å². The second-order valence-corrected chi connectivity index (χ2v) is 7.32. The lowest BCUT2D eigenvalue weighted by Crippen LogP contribution is -2.49. The highest BCUT2D eigenvalue weighted by Crippen LogP contribution is 2.43. The van der Waals surface area contributed by atoms with Gasteiger partial charge in [-0.3, -0.25) is 4.79 Å². The number of hydrogen-bond donors (Lipinski definition) is 1. The van der Waals surface area contributed by atoms with E-state index in [4.69, 9.17) is 15.2 Å². The van der Waals surface area contributed by atoms with Gasteiger partial charge in [0.05, 0.1) is 14.2 Å². The summed E-state index contributed by atoms with van der Waals surface area (Å²) in [5.74, 6) is 2.64. The van der Waals surface area contributed by atoms with Crippen molar-refractivity contribution in [3.05, 3.63) is 18.2 Å². The summed E-state index contributed by atoms with van der Waals surface area (Å²) in [5.41, 5.74) is 7.25. The summed E-state index contributed by atoms with van der Waals surface area (Å²) in [6.45, 7) is 2.66. The van der Waals surface area contributed by atoms with Crippen LogP contribution >= 0.6 is 0 Å². The van der Waals surface area contributed by atoms with E-state index >= 15 is 0 Å². The van der Waals surface area contributed by atoms with Crippen molar-refractivity contribution < 1.29 is 14.3 Å². The van der Waals surface area contributed by atoms with Crippen molar-refractivity contribution in [1.29, 1.82) is 0 Å². The van der Waals surface area contributed by atoms with Crippen LogP contribution in [0.25, 0.3) is 0 Å². The van der Waals surface area contributed by atoms with Crippen LogP contribution in [0.1, 0.15) is 39.0 Å². The van der Waals surface area contributed by atoms with E-state index in [2.05, 4.69) is 0 Å². The van der Waals surface area contributed by atoms with E-state index in [0.29, 0.717) is 29.9 Å². The first-order chi connectivity index (χ1) is 12.1. The van der Waals surface area contributed by atoms with Crippen LogP contribution in [0.4, 0.5) is 5.69 Å². The maximum absolute atomic E-state index is 13.2. The van der Waals surface area contributed by atoms with Gasteiger partial charge >= 0.3 is 0 Å². The number of amides is 1. The summed E-state index contributed by atoms with van der Waals surface area (Å²) in [4.78, 5) is 15.1. The molecule has 0 heterocycles. The smallest absolute Gasteiger partial charge is 0.230 e. The van der Waals surface area contributed by atoms with Crippen LogP contribution in [0.5, 0.6) is 11.5 Å². The molecular formula is C20H30N2O3. The van der Waals surface area contributed by atoms with Crippen molar-refractivity contribution in [1.82, 2.24) is 0 Å². The molecule has 2 unspecified atom stereocenters. The Morgan fingerprint density at radius 2 is 1.80 bits per heavy atom. The monoisotopic (exact) mass is 346 g/mol. The van der Waals surface area contributed by atoms with Gasteiger partial charge in [-0.25, -0.2) is 0 Å². The fourth-order valence-corrected chi connectivity index (χ4v) is 4.67. The quantitative estimate of drug-likeness (QED) is 0.889. The number of nitrogens with zero attached hydrogens (tertiary/aromatic N) is 1. The molecule has 0 aromatic heterocycles. The van der Waals surface area contributed by atoms with E-state index in [-0.39, 0.29) is 17.9 Å². The van der Waals surface area contributed by atoms with Gasteiger partial charge in [-0.1, -0.05) is 6.42 Å². The molecule has 2 bridgehead atoms. The lowest BCUT2D eigenvalue weighted by molar-refractivity contribution is -0.125.